The van der Waals surface area contributed by atoms with Crippen LogP contribution in [0.5, 0.6) is 0 Å². The summed E-state index contributed by atoms with van der Waals surface area (Å²) in [7, 11) is 2.06. The summed E-state index contributed by atoms with van der Waals surface area (Å²) in [6.45, 7) is 5.77. The third kappa shape index (κ3) is 1.35. The molecule has 1 heterocycles. The van der Waals surface area contributed by atoms with Gasteiger partial charge in [-0.15, -0.1) is 6.42 Å². The molecule has 0 aromatic heterocycles. The van der Waals surface area contributed by atoms with Crippen LogP contribution >= 0.6 is 0 Å². The van der Waals surface area contributed by atoms with Gasteiger partial charge in [0.15, 0.2) is 0 Å². The molecule has 0 aliphatic carbocycles. The first-order chi connectivity index (χ1) is 5.50. The predicted molar refractivity (Wildman–Crippen MR) is 49.6 cm³/mol. The Kier molecular flexibility index (Phi) is 2.46. The summed E-state index contributed by atoms with van der Waals surface area (Å²) in [5.74, 6) is 2.86. The van der Waals surface area contributed by atoms with E-state index in [-0.39, 0.29) is 11.8 Å². The van der Waals surface area contributed by atoms with Crippen molar-refractivity contribution in [3.8, 4) is 12.3 Å². The van der Waals surface area contributed by atoms with Crippen LogP contribution in [-0.2, 0) is 0 Å². The van der Waals surface area contributed by atoms with Gasteiger partial charge in [-0.2, -0.15) is 0 Å². The molecule has 1 rings (SSSR count). The highest BCUT2D eigenvalue weighted by atomic mass is 16.3. The smallest absolute Gasteiger partial charge is 0.132 e. The molecule has 1 saturated heterocycles. The highest BCUT2D eigenvalue weighted by molar-refractivity contribution is 5.14. The molecule has 0 spiro atoms. The molecule has 1 fully saturated rings. The number of likely N-dealkylation sites (tertiary alicyclic amines) is 1. The highest BCUT2D eigenvalue weighted by Gasteiger charge is 2.41. The minimum atomic E-state index is -0.896. The van der Waals surface area contributed by atoms with Crippen LogP contribution in [0.25, 0.3) is 0 Å². The van der Waals surface area contributed by atoms with Gasteiger partial charge in [-0.1, -0.05) is 19.8 Å². The third-order valence-corrected chi connectivity index (χ3v) is 2.90. The van der Waals surface area contributed by atoms with Crippen molar-refractivity contribution in [3.63, 3.8) is 0 Å². The number of terminal acetylenes is 1. The molecule has 0 radical (unpaired) electrons. The molecule has 1 aliphatic rings. The normalized spacial score (nSPS) is 35.9. The molecular formula is C10H17NO. The molecule has 2 heteroatoms. The second-order valence-corrected chi connectivity index (χ2v) is 3.99. The summed E-state index contributed by atoms with van der Waals surface area (Å²) < 4.78 is 0. The maximum Gasteiger partial charge on any atom is 0.132 e. The van der Waals surface area contributed by atoms with Crippen LogP contribution < -0.4 is 0 Å². The standard InChI is InChI=1S/C10H17NO/c1-5-10(12)8(2)6-11(4)7-9(10)3/h1,8-9,12H,6-7H2,2-4H3/t8-,9-/m1/s1. The van der Waals surface area contributed by atoms with E-state index in [1.807, 2.05) is 13.8 Å². The number of hydrogen-bond donors (Lipinski definition) is 1. The molecule has 2 nitrogen and oxygen atoms in total. The average molecular weight is 167 g/mol. The topological polar surface area (TPSA) is 23.5 Å². The van der Waals surface area contributed by atoms with Crippen LogP contribution in [0.1, 0.15) is 13.8 Å². The van der Waals surface area contributed by atoms with Crippen LogP contribution in [0.4, 0.5) is 0 Å². The number of hydrogen-bond acceptors (Lipinski definition) is 2. The molecule has 68 valence electrons. The lowest BCUT2D eigenvalue weighted by Gasteiger charge is -2.43. The van der Waals surface area contributed by atoms with Gasteiger partial charge < -0.3 is 10.0 Å². The Balaban J connectivity index is 2.82. The summed E-state index contributed by atoms with van der Waals surface area (Å²) in [5.41, 5.74) is -0.896. The van der Waals surface area contributed by atoms with E-state index in [0.29, 0.717) is 0 Å². The van der Waals surface area contributed by atoms with Gasteiger partial charge in [-0.05, 0) is 7.05 Å². The minimum absolute atomic E-state index is 0.163. The van der Waals surface area contributed by atoms with Gasteiger partial charge in [-0.3, -0.25) is 0 Å². The van der Waals surface area contributed by atoms with Crippen LogP contribution in [0, 0.1) is 24.2 Å². The third-order valence-electron chi connectivity index (χ3n) is 2.90. The lowest BCUT2D eigenvalue weighted by molar-refractivity contribution is -0.0552. The molecule has 0 aromatic carbocycles. The van der Waals surface area contributed by atoms with Gasteiger partial charge in [0.2, 0.25) is 0 Å². The van der Waals surface area contributed by atoms with Gasteiger partial charge in [0.05, 0.1) is 0 Å². The Bertz CT molecular complexity index is 194. The van der Waals surface area contributed by atoms with E-state index in [1.54, 1.807) is 0 Å². The van der Waals surface area contributed by atoms with Gasteiger partial charge in [0.25, 0.3) is 0 Å². The maximum atomic E-state index is 10.1. The largest absolute Gasteiger partial charge is 0.377 e. The minimum Gasteiger partial charge on any atom is -0.377 e. The van der Waals surface area contributed by atoms with Crippen molar-refractivity contribution in [1.29, 1.82) is 0 Å². The van der Waals surface area contributed by atoms with Crippen molar-refractivity contribution >= 4 is 0 Å². The van der Waals surface area contributed by atoms with E-state index in [4.69, 9.17) is 6.42 Å². The van der Waals surface area contributed by atoms with E-state index >= 15 is 0 Å². The predicted octanol–water partition coefficient (Wildman–Crippen LogP) is 0.568. The molecule has 12 heavy (non-hydrogen) atoms. The first-order valence-electron chi connectivity index (χ1n) is 4.39. The van der Waals surface area contributed by atoms with Crippen molar-refractivity contribution in [2.75, 3.05) is 20.1 Å². The van der Waals surface area contributed by atoms with Gasteiger partial charge >= 0.3 is 0 Å². The van der Waals surface area contributed by atoms with E-state index in [9.17, 15) is 5.11 Å². The lowest BCUT2D eigenvalue weighted by Crippen LogP contribution is -2.54. The summed E-state index contributed by atoms with van der Waals surface area (Å²) in [6.07, 6.45) is 5.35. The molecule has 2 atom stereocenters. The second kappa shape index (κ2) is 3.08. The Labute approximate surface area is 74.6 Å². The Morgan fingerprint density at radius 2 is 1.83 bits per heavy atom. The van der Waals surface area contributed by atoms with E-state index in [0.717, 1.165) is 13.1 Å². The summed E-state index contributed by atoms with van der Waals surface area (Å²) >= 11 is 0. The first-order valence-corrected chi connectivity index (χ1v) is 4.39. The highest BCUT2D eigenvalue weighted by Crippen LogP contribution is 2.31. The summed E-state index contributed by atoms with van der Waals surface area (Å²) in [4.78, 5) is 2.21. The zero-order valence-electron chi connectivity index (χ0n) is 8.04. The van der Waals surface area contributed by atoms with E-state index < -0.39 is 5.60 Å². The molecule has 1 N–H and O–H groups in total. The molecule has 0 unspecified atom stereocenters. The van der Waals surface area contributed by atoms with Crippen molar-refractivity contribution in [2.45, 2.75) is 19.4 Å². The molecular weight excluding hydrogens is 150 g/mol. The zero-order chi connectivity index (χ0) is 9.35. The Morgan fingerprint density at radius 1 is 1.42 bits per heavy atom. The maximum absolute atomic E-state index is 10.1. The van der Waals surface area contributed by atoms with Crippen molar-refractivity contribution in [1.82, 2.24) is 4.90 Å². The molecule has 1 aliphatic heterocycles. The number of piperidine rings is 1. The fraction of sp³-hybridized carbons (Fsp3) is 0.800. The summed E-state index contributed by atoms with van der Waals surface area (Å²) in [5, 5.41) is 10.1. The SMILES string of the molecule is C#CC1(O)[C@H](C)CN(C)C[C@H]1C. The van der Waals surface area contributed by atoms with Crippen molar-refractivity contribution < 1.29 is 5.11 Å². The lowest BCUT2D eigenvalue weighted by atomic mass is 9.76. The van der Waals surface area contributed by atoms with E-state index in [1.165, 1.54) is 0 Å². The van der Waals surface area contributed by atoms with Crippen molar-refractivity contribution in [3.05, 3.63) is 0 Å². The zero-order valence-corrected chi connectivity index (χ0v) is 8.04. The van der Waals surface area contributed by atoms with Crippen LogP contribution in [0.2, 0.25) is 0 Å². The van der Waals surface area contributed by atoms with E-state index in [2.05, 4.69) is 17.9 Å². The molecule has 0 amide bonds. The monoisotopic (exact) mass is 167 g/mol. The molecule has 0 saturated carbocycles. The second-order valence-electron chi connectivity index (χ2n) is 3.99. The average Bonchev–Trinajstić information content (AvgIpc) is 2.00. The number of rotatable bonds is 0. The van der Waals surface area contributed by atoms with Crippen molar-refractivity contribution in [2.24, 2.45) is 11.8 Å². The van der Waals surface area contributed by atoms with Crippen LogP contribution in [0.15, 0.2) is 0 Å². The molecule has 0 bridgehead atoms. The number of aliphatic hydroxyl groups is 1. The Morgan fingerprint density at radius 3 is 2.17 bits per heavy atom. The van der Waals surface area contributed by atoms with Gasteiger partial charge in [0, 0.05) is 24.9 Å². The quantitative estimate of drug-likeness (QED) is 0.533. The Hall–Kier alpha value is -0.520. The first kappa shape index (κ1) is 9.57. The summed E-state index contributed by atoms with van der Waals surface area (Å²) in [6, 6.07) is 0. The fourth-order valence-corrected chi connectivity index (χ4v) is 2.06. The number of nitrogens with zero attached hydrogens (tertiary/aromatic N) is 1. The fourth-order valence-electron chi connectivity index (χ4n) is 2.06. The van der Waals surface area contributed by atoms with Gasteiger partial charge in [-0.25, -0.2) is 0 Å². The van der Waals surface area contributed by atoms with Crippen LogP contribution in [0.3, 0.4) is 0 Å². The van der Waals surface area contributed by atoms with Crippen LogP contribution in [-0.4, -0.2) is 35.7 Å². The molecule has 0 aromatic rings. The van der Waals surface area contributed by atoms with Gasteiger partial charge in [0.1, 0.15) is 5.60 Å².